The molecule has 0 atom stereocenters. The smallest absolute Gasteiger partial charge is 0.251 e. The standard InChI is InChI=1S/C13H16N2O3/c1-9-2-4-10(5-3-9)13(17)14-6-12(16)15-11-7-18-8-11/h2-5,11H,6-8H2,1H3,(H,14,17)(H,15,16). The van der Waals surface area contributed by atoms with E-state index >= 15 is 0 Å². The highest BCUT2D eigenvalue weighted by atomic mass is 16.5. The lowest BCUT2D eigenvalue weighted by atomic mass is 10.1. The van der Waals surface area contributed by atoms with Crippen LogP contribution in [0.3, 0.4) is 0 Å². The van der Waals surface area contributed by atoms with E-state index in [1.54, 1.807) is 12.1 Å². The summed E-state index contributed by atoms with van der Waals surface area (Å²) in [4.78, 5) is 23.2. The molecule has 0 saturated carbocycles. The zero-order valence-electron chi connectivity index (χ0n) is 10.2. The van der Waals surface area contributed by atoms with Crippen molar-refractivity contribution in [3.8, 4) is 0 Å². The Bertz CT molecular complexity index is 438. The summed E-state index contributed by atoms with van der Waals surface area (Å²) in [7, 11) is 0. The molecule has 1 aromatic rings. The Kier molecular flexibility index (Phi) is 3.94. The number of carbonyl (C=O) groups is 2. The Labute approximate surface area is 106 Å². The van der Waals surface area contributed by atoms with E-state index in [4.69, 9.17) is 4.74 Å². The molecule has 0 spiro atoms. The predicted molar refractivity (Wildman–Crippen MR) is 66.3 cm³/mol. The van der Waals surface area contributed by atoms with Crippen LogP contribution in [-0.4, -0.2) is 37.6 Å². The van der Waals surface area contributed by atoms with Crippen LogP contribution in [0.2, 0.25) is 0 Å². The highest BCUT2D eigenvalue weighted by Gasteiger charge is 2.20. The van der Waals surface area contributed by atoms with Gasteiger partial charge in [-0.1, -0.05) is 17.7 Å². The molecule has 0 aliphatic carbocycles. The molecule has 2 rings (SSSR count). The van der Waals surface area contributed by atoms with Gasteiger partial charge in [0.05, 0.1) is 25.8 Å². The van der Waals surface area contributed by atoms with Gasteiger partial charge in [-0.3, -0.25) is 9.59 Å². The maximum atomic E-state index is 11.7. The van der Waals surface area contributed by atoms with E-state index in [-0.39, 0.29) is 24.4 Å². The fourth-order valence-electron chi connectivity index (χ4n) is 1.57. The Morgan fingerprint density at radius 2 is 1.94 bits per heavy atom. The summed E-state index contributed by atoms with van der Waals surface area (Å²) < 4.78 is 4.94. The van der Waals surface area contributed by atoms with Crippen molar-refractivity contribution in [1.29, 1.82) is 0 Å². The highest BCUT2D eigenvalue weighted by Crippen LogP contribution is 2.02. The fraction of sp³-hybridized carbons (Fsp3) is 0.385. The summed E-state index contributed by atoms with van der Waals surface area (Å²) in [5, 5.41) is 5.33. The van der Waals surface area contributed by atoms with Crippen molar-refractivity contribution < 1.29 is 14.3 Å². The molecular formula is C13H16N2O3. The first-order chi connectivity index (χ1) is 8.65. The van der Waals surface area contributed by atoms with Crippen LogP contribution >= 0.6 is 0 Å². The number of aryl methyl sites for hydroxylation is 1. The Morgan fingerprint density at radius 1 is 1.28 bits per heavy atom. The van der Waals surface area contributed by atoms with E-state index < -0.39 is 0 Å². The molecule has 0 bridgehead atoms. The van der Waals surface area contributed by atoms with Crippen molar-refractivity contribution in [2.24, 2.45) is 0 Å². The van der Waals surface area contributed by atoms with Crippen molar-refractivity contribution in [3.05, 3.63) is 35.4 Å². The molecule has 2 N–H and O–H groups in total. The third-order valence-electron chi connectivity index (χ3n) is 2.73. The van der Waals surface area contributed by atoms with Crippen LogP contribution in [0.1, 0.15) is 15.9 Å². The second-order valence-electron chi connectivity index (χ2n) is 4.35. The lowest BCUT2D eigenvalue weighted by Crippen LogP contribution is -2.51. The molecule has 2 amide bonds. The summed E-state index contributed by atoms with van der Waals surface area (Å²) >= 11 is 0. The highest BCUT2D eigenvalue weighted by molar-refractivity contribution is 5.96. The molecule has 1 aromatic carbocycles. The number of hydrogen-bond acceptors (Lipinski definition) is 3. The summed E-state index contributed by atoms with van der Waals surface area (Å²) in [6.45, 7) is 3.05. The van der Waals surface area contributed by atoms with Gasteiger partial charge in [-0.15, -0.1) is 0 Å². The molecule has 0 aromatic heterocycles. The number of nitrogens with one attached hydrogen (secondary N) is 2. The Balaban J connectivity index is 1.76. The van der Waals surface area contributed by atoms with Gasteiger partial charge in [-0.2, -0.15) is 0 Å². The molecule has 1 fully saturated rings. The van der Waals surface area contributed by atoms with Gasteiger partial charge in [-0.25, -0.2) is 0 Å². The van der Waals surface area contributed by atoms with Crippen LogP contribution in [0.25, 0.3) is 0 Å². The quantitative estimate of drug-likeness (QED) is 0.802. The molecule has 1 saturated heterocycles. The number of hydrogen-bond donors (Lipinski definition) is 2. The summed E-state index contributed by atoms with van der Waals surface area (Å²) in [5.74, 6) is -0.432. The fourth-order valence-corrected chi connectivity index (χ4v) is 1.57. The molecular weight excluding hydrogens is 232 g/mol. The van der Waals surface area contributed by atoms with Crippen molar-refractivity contribution in [1.82, 2.24) is 10.6 Å². The predicted octanol–water partition coefficient (Wildman–Crippen LogP) is 0.240. The van der Waals surface area contributed by atoms with Gasteiger partial charge in [0.2, 0.25) is 5.91 Å². The molecule has 1 aliphatic rings. The van der Waals surface area contributed by atoms with Crippen molar-refractivity contribution in [2.45, 2.75) is 13.0 Å². The van der Waals surface area contributed by atoms with Gasteiger partial charge < -0.3 is 15.4 Å². The Morgan fingerprint density at radius 3 is 2.50 bits per heavy atom. The maximum Gasteiger partial charge on any atom is 0.251 e. The molecule has 5 heteroatoms. The van der Waals surface area contributed by atoms with Crippen LogP contribution in [0.5, 0.6) is 0 Å². The van der Waals surface area contributed by atoms with E-state index in [9.17, 15) is 9.59 Å². The van der Waals surface area contributed by atoms with Crippen LogP contribution in [0.4, 0.5) is 0 Å². The third-order valence-corrected chi connectivity index (χ3v) is 2.73. The first-order valence-electron chi connectivity index (χ1n) is 5.87. The number of amides is 2. The van der Waals surface area contributed by atoms with E-state index in [0.29, 0.717) is 18.8 Å². The van der Waals surface area contributed by atoms with Crippen LogP contribution in [0.15, 0.2) is 24.3 Å². The van der Waals surface area contributed by atoms with Gasteiger partial charge in [0, 0.05) is 5.56 Å². The second kappa shape index (κ2) is 5.64. The first-order valence-corrected chi connectivity index (χ1v) is 5.87. The number of rotatable bonds is 4. The molecule has 1 aliphatic heterocycles. The monoisotopic (exact) mass is 248 g/mol. The molecule has 0 unspecified atom stereocenters. The van der Waals surface area contributed by atoms with Gasteiger partial charge in [0.1, 0.15) is 0 Å². The van der Waals surface area contributed by atoms with Crippen LogP contribution in [0, 0.1) is 6.92 Å². The zero-order chi connectivity index (χ0) is 13.0. The molecule has 96 valence electrons. The average molecular weight is 248 g/mol. The molecule has 5 nitrogen and oxygen atoms in total. The van der Waals surface area contributed by atoms with E-state index in [1.807, 2.05) is 19.1 Å². The summed E-state index contributed by atoms with van der Waals surface area (Å²) in [6.07, 6.45) is 0. The number of benzene rings is 1. The van der Waals surface area contributed by atoms with Gasteiger partial charge in [0.25, 0.3) is 5.91 Å². The van der Waals surface area contributed by atoms with Crippen LogP contribution in [-0.2, 0) is 9.53 Å². The topological polar surface area (TPSA) is 67.4 Å². The minimum atomic E-state index is -0.241. The molecule has 0 radical (unpaired) electrons. The Hall–Kier alpha value is -1.88. The lowest BCUT2D eigenvalue weighted by molar-refractivity contribution is -0.124. The first kappa shape index (κ1) is 12.6. The largest absolute Gasteiger partial charge is 0.377 e. The van der Waals surface area contributed by atoms with Gasteiger partial charge in [0.15, 0.2) is 0 Å². The van der Waals surface area contributed by atoms with Gasteiger partial charge in [-0.05, 0) is 19.1 Å². The third kappa shape index (κ3) is 3.30. The normalized spacial score (nSPS) is 14.7. The number of carbonyl (C=O) groups excluding carboxylic acids is 2. The zero-order valence-corrected chi connectivity index (χ0v) is 10.2. The van der Waals surface area contributed by atoms with Crippen molar-refractivity contribution >= 4 is 11.8 Å². The molecule has 18 heavy (non-hydrogen) atoms. The van der Waals surface area contributed by atoms with E-state index in [1.165, 1.54) is 0 Å². The molecule has 1 heterocycles. The maximum absolute atomic E-state index is 11.7. The SMILES string of the molecule is Cc1ccc(C(=O)NCC(=O)NC2COC2)cc1. The minimum absolute atomic E-state index is 0.0107. The average Bonchev–Trinajstić information content (AvgIpc) is 2.32. The van der Waals surface area contributed by atoms with Crippen LogP contribution < -0.4 is 10.6 Å². The summed E-state index contributed by atoms with van der Waals surface area (Å²) in [5.41, 5.74) is 1.65. The lowest BCUT2D eigenvalue weighted by Gasteiger charge is -2.26. The van der Waals surface area contributed by atoms with E-state index in [2.05, 4.69) is 10.6 Å². The van der Waals surface area contributed by atoms with Gasteiger partial charge >= 0.3 is 0 Å². The van der Waals surface area contributed by atoms with E-state index in [0.717, 1.165) is 5.56 Å². The van der Waals surface area contributed by atoms with Crippen molar-refractivity contribution in [2.75, 3.05) is 19.8 Å². The number of ether oxygens (including phenoxy) is 1. The second-order valence-corrected chi connectivity index (χ2v) is 4.35. The van der Waals surface area contributed by atoms with Crippen molar-refractivity contribution in [3.63, 3.8) is 0 Å². The minimum Gasteiger partial charge on any atom is -0.377 e. The summed E-state index contributed by atoms with van der Waals surface area (Å²) in [6, 6.07) is 7.29.